The number of aryl methyl sites for hydroxylation is 1. The molecule has 0 saturated carbocycles. The van der Waals surface area contributed by atoms with Gasteiger partial charge in [0.2, 0.25) is 0 Å². The fraction of sp³-hybridized carbons (Fsp3) is 0.118. The van der Waals surface area contributed by atoms with Crippen molar-refractivity contribution in [3.63, 3.8) is 0 Å². The van der Waals surface area contributed by atoms with E-state index in [9.17, 15) is 0 Å². The molecule has 2 nitrogen and oxygen atoms in total. The molecular formula is C17H15BrN2. The highest BCUT2D eigenvalue weighted by Crippen LogP contribution is 2.20. The molecule has 0 bridgehead atoms. The molecule has 0 fully saturated rings. The van der Waals surface area contributed by atoms with E-state index in [1.54, 1.807) is 0 Å². The van der Waals surface area contributed by atoms with Crippen LogP contribution < -0.4 is 0 Å². The number of aromatic nitrogens is 2. The van der Waals surface area contributed by atoms with Gasteiger partial charge in [0.05, 0.1) is 0 Å². The van der Waals surface area contributed by atoms with Crippen LogP contribution in [0.4, 0.5) is 0 Å². The van der Waals surface area contributed by atoms with Crippen LogP contribution in [0.5, 0.6) is 0 Å². The van der Waals surface area contributed by atoms with E-state index in [4.69, 9.17) is 0 Å². The third kappa shape index (κ3) is 2.83. The summed E-state index contributed by atoms with van der Waals surface area (Å²) in [5.41, 5.74) is 3.67. The molecule has 1 aromatic heterocycles. The number of halogens is 1. The fourth-order valence-corrected chi connectivity index (χ4v) is 2.68. The molecule has 0 saturated heterocycles. The third-order valence-electron chi connectivity index (χ3n) is 3.27. The van der Waals surface area contributed by atoms with Crippen molar-refractivity contribution in [2.24, 2.45) is 0 Å². The zero-order valence-electron chi connectivity index (χ0n) is 11.3. The summed E-state index contributed by atoms with van der Waals surface area (Å²) in [6, 6.07) is 16.8. The Morgan fingerprint density at radius 3 is 2.65 bits per heavy atom. The molecule has 3 rings (SSSR count). The van der Waals surface area contributed by atoms with Crippen molar-refractivity contribution >= 4 is 15.9 Å². The molecule has 1 heterocycles. The minimum absolute atomic E-state index is 0.822. The summed E-state index contributed by atoms with van der Waals surface area (Å²) in [4.78, 5) is 4.49. The van der Waals surface area contributed by atoms with Crippen LogP contribution in [-0.4, -0.2) is 9.55 Å². The van der Waals surface area contributed by atoms with Crippen LogP contribution in [0.25, 0.3) is 11.4 Å². The fourth-order valence-electron chi connectivity index (χ4n) is 2.23. The van der Waals surface area contributed by atoms with E-state index < -0.39 is 0 Å². The van der Waals surface area contributed by atoms with Gasteiger partial charge < -0.3 is 4.57 Å². The molecule has 3 heteroatoms. The molecule has 0 unspecified atom stereocenters. The first-order valence-corrected chi connectivity index (χ1v) is 7.34. The zero-order chi connectivity index (χ0) is 13.9. The van der Waals surface area contributed by atoms with Crippen LogP contribution >= 0.6 is 15.9 Å². The van der Waals surface area contributed by atoms with E-state index in [0.717, 1.165) is 22.4 Å². The second-order valence-corrected chi connectivity index (χ2v) is 5.79. The van der Waals surface area contributed by atoms with Crippen molar-refractivity contribution in [2.45, 2.75) is 13.5 Å². The van der Waals surface area contributed by atoms with Gasteiger partial charge in [0.15, 0.2) is 0 Å². The summed E-state index contributed by atoms with van der Waals surface area (Å²) in [5, 5.41) is 0. The van der Waals surface area contributed by atoms with Crippen molar-refractivity contribution in [3.05, 3.63) is 76.5 Å². The Labute approximate surface area is 127 Å². The predicted molar refractivity (Wildman–Crippen MR) is 85.6 cm³/mol. The molecule has 3 aromatic rings. The van der Waals surface area contributed by atoms with E-state index in [-0.39, 0.29) is 0 Å². The molecule has 0 aliphatic heterocycles. The Morgan fingerprint density at radius 1 is 1.10 bits per heavy atom. The summed E-state index contributed by atoms with van der Waals surface area (Å²) < 4.78 is 3.28. The van der Waals surface area contributed by atoms with Crippen LogP contribution in [-0.2, 0) is 6.54 Å². The molecular weight excluding hydrogens is 312 g/mol. The van der Waals surface area contributed by atoms with Gasteiger partial charge in [-0.2, -0.15) is 0 Å². The summed E-state index contributed by atoms with van der Waals surface area (Å²) in [7, 11) is 0. The highest BCUT2D eigenvalue weighted by molar-refractivity contribution is 9.10. The topological polar surface area (TPSA) is 17.8 Å². The van der Waals surface area contributed by atoms with Crippen LogP contribution in [0.1, 0.15) is 11.1 Å². The lowest BCUT2D eigenvalue weighted by atomic mass is 10.1. The Balaban J connectivity index is 1.92. The predicted octanol–water partition coefficient (Wildman–Crippen LogP) is 4.67. The highest BCUT2D eigenvalue weighted by atomic mass is 79.9. The van der Waals surface area contributed by atoms with E-state index in [1.807, 2.05) is 18.5 Å². The SMILES string of the molecule is Cc1ccc(-c2nccn2Cc2cccc(Br)c2)cc1. The minimum atomic E-state index is 0.822. The molecule has 0 spiro atoms. The van der Waals surface area contributed by atoms with Gasteiger partial charge in [0, 0.05) is 29.0 Å². The molecule has 20 heavy (non-hydrogen) atoms. The van der Waals surface area contributed by atoms with E-state index in [1.165, 1.54) is 11.1 Å². The smallest absolute Gasteiger partial charge is 0.140 e. The van der Waals surface area contributed by atoms with Gasteiger partial charge in [-0.25, -0.2) is 4.98 Å². The van der Waals surface area contributed by atoms with Gasteiger partial charge in [-0.15, -0.1) is 0 Å². The zero-order valence-corrected chi connectivity index (χ0v) is 12.8. The first kappa shape index (κ1) is 13.1. The van der Waals surface area contributed by atoms with Crippen LogP contribution in [0.2, 0.25) is 0 Å². The lowest BCUT2D eigenvalue weighted by molar-refractivity contribution is 0.806. The first-order valence-electron chi connectivity index (χ1n) is 6.55. The van der Waals surface area contributed by atoms with Gasteiger partial charge in [-0.1, -0.05) is 57.9 Å². The van der Waals surface area contributed by atoms with E-state index in [0.29, 0.717) is 0 Å². The summed E-state index contributed by atoms with van der Waals surface area (Å²) >= 11 is 3.51. The maximum Gasteiger partial charge on any atom is 0.140 e. The number of imidazole rings is 1. The van der Waals surface area contributed by atoms with Gasteiger partial charge in [0.25, 0.3) is 0 Å². The molecule has 0 N–H and O–H groups in total. The lowest BCUT2D eigenvalue weighted by Gasteiger charge is -2.09. The molecule has 0 amide bonds. The van der Waals surface area contributed by atoms with E-state index >= 15 is 0 Å². The number of rotatable bonds is 3. The maximum absolute atomic E-state index is 4.49. The molecule has 0 atom stereocenters. The molecule has 0 radical (unpaired) electrons. The average molecular weight is 327 g/mol. The molecule has 0 aliphatic carbocycles. The standard InChI is InChI=1S/C17H15BrN2/c1-13-5-7-15(8-6-13)17-19-9-10-20(17)12-14-3-2-4-16(18)11-14/h2-11H,12H2,1H3. The summed E-state index contributed by atoms with van der Waals surface area (Å²) in [6.45, 7) is 2.92. The van der Waals surface area contributed by atoms with Crippen molar-refractivity contribution in [1.29, 1.82) is 0 Å². The van der Waals surface area contributed by atoms with Gasteiger partial charge in [-0.3, -0.25) is 0 Å². The highest BCUT2D eigenvalue weighted by Gasteiger charge is 2.06. The van der Waals surface area contributed by atoms with Crippen molar-refractivity contribution in [3.8, 4) is 11.4 Å². The third-order valence-corrected chi connectivity index (χ3v) is 3.76. The Morgan fingerprint density at radius 2 is 1.90 bits per heavy atom. The number of nitrogens with zero attached hydrogens (tertiary/aromatic N) is 2. The van der Waals surface area contributed by atoms with Gasteiger partial charge in [-0.05, 0) is 24.6 Å². The number of hydrogen-bond acceptors (Lipinski definition) is 1. The quantitative estimate of drug-likeness (QED) is 0.683. The van der Waals surface area contributed by atoms with Gasteiger partial charge >= 0.3 is 0 Å². The number of hydrogen-bond donors (Lipinski definition) is 0. The second-order valence-electron chi connectivity index (χ2n) is 4.87. The van der Waals surface area contributed by atoms with Crippen molar-refractivity contribution < 1.29 is 0 Å². The van der Waals surface area contributed by atoms with Crippen molar-refractivity contribution in [2.75, 3.05) is 0 Å². The summed E-state index contributed by atoms with van der Waals surface area (Å²) in [5.74, 6) is 1.00. The average Bonchev–Trinajstić information content (AvgIpc) is 2.88. The van der Waals surface area contributed by atoms with Crippen LogP contribution in [0.3, 0.4) is 0 Å². The normalized spacial score (nSPS) is 10.7. The molecule has 2 aromatic carbocycles. The number of benzene rings is 2. The Kier molecular flexibility index (Phi) is 3.70. The first-order chi connectivity index (χ1) is 9.72. The minimum Gasteiger partial charge on any atom is -0.327 e. The van der Waals surface area contributed by atoms with E-state index in [2.05, 4.69) is 74.9 Å². The van der Waals surface area contributed by atoms with Crippen LogP contribution in [0.15, 0.2) is 65.4 Å². The molecule has 100 valence electrons. The lowest BCUT2D eigenvalue weighted by Crippen LogP contribution is -2.01. The maximum atomic E-state index is 4.49. The summed E-state index contributed by atoms with van der Waals surface area (Å²) in [6.07, 6.45) is 3.88. The molecule has 0 aliphatic rings. The largest absolute Gasteiger partial charge is 0.327 e. The Hall–Kier alpha value is -1.87. The Bertz CT molecular complexity index is 714. The second kappa shape index (κ2) is 5.63. The monoisotopic (exact) mass is 326 g/mol. The van der Waals surface area contributed by atoms with Crippen molar-refractivity contribution in [1.82, 2.24) is 9.55 Å². The van der Waals surface area contributed by atoms with Crippen LogP contribution in [0, 0.1) is 6.92 Å². The van der Waals surface area contributed by atoms with Gasteiger partial charge in [0.1, 0.15) is 5.82 Å².